The molecule has 0 saturated heterocycles. The van der Waals surface area contributed by atoms with Crippen molar-refractivity contribution >= 4 is 5.91 Å². The third-order valence-electron chi connectivity index (χ3n) is 5.03. The Hall–Kier alpha value is -2.99. The highest BCUT2D eigenvalue weighted by Gasteiger charge is 2.16. The fourth-order valence-electron chi connectivity index (χ4n) is 3.29. The van der Waals surface area contributed by atoms with Crippen LogP contribution in [0.25, 0.3) is 0 Å². The monoisotopic (exact) mass is 423 g/mol. The van der Waals surface area contributed by atoms with Gasteiger partial charge in [-0.05, 0) is 48.6 Å². The van der Waals surface area contributed by atoms with Crippen LogP contribution in [0.5, 0.6) is 0 Å². The predicted octanol–water partition coefficient (Wildman–Crippen LogP) is 5.02. The molecule has 0 aliphatic carbocycles. The Kier molecular flexibility index (Phi) is 7.58. The molecule has 0 atom stereocenters. The SMILES string of the molecule is Cc1ccc(C)c(CN(Cc2ccc(F)cc2)Cc2nc(C(=O)NCC(C)C)co2)c1. The van der Waals surface area contributed by atoms with E-state index in [9.17, 15) is 9.18 Å². The summed E-state index contributed by atoms with van der Waals surface area (Å²) < 4.78 is 18.9. The van der Waals surface area contributed by atoms with Crippen LogP contribution in [0.3, 0.4) is 0 Å². The first-order valence-electron chi connectivity index (χ1n) is 10.6. The van der Waals surface area contributed by atoms with Crippen molar-refractivity contribution in [1.82, 2.24) is 15.2 Å². The quantitative estimate of drug-likeness (QED) is 0.525. The largest absolute Gasteiger partial charge is 0.447 e. The highest BCUT2D eigenvalue weighted by molar-refractivity contribution is 5.91. The number of aromatic nitrogens is 1. The van der Waals surface area contributed by atoms with Crippen LogP contribution in [0.15, 0.2) is 53.1 Å². The number of hydrogen-bond acceptors (Lipinski definition) is 4. The van der Waals surface area contributed by atoms with Crippen molar-refractivity contribution in [3.05, 3.63) is 88.4 Å². The second kappa shape index (κ2) is 10.4. The number of aryl methyl sites for hydroxylation is 2. The Morgan fingerprint density at radius 1 is 1.10 bits per heavy atom. The van der Waals surface area contributed by atoms with Crippen LogP contribution in [0.2, 0.25) is 0 Å². The van der Waals surface area contributed by atoms with Gasteiger partial charge in [-0.3, -0.25) is 9.69 Å². The molecule has 5 nitrogen and oxygen atoms in total. The summed E-state index contributed by atoms with van der Waals surface area (Å²) in [6.07, 6.45) is 1.40. The van der Waals surface area contributed by atoms with Crippen molar-refractivity contribution in [3.8, 4) is 0 Å². The van der Waals surface area contributed by atoms with E-state index < -0.39 is 0 Å². The van der Waals surface area contributed by atoms with Crippen molar-refractivity contribution in [3.63, 3.8) is 0 Å². The van der Waals surface area contributed by atoms with Gasteiger partial charge in [0.05, 0.1) is 6.54 Å². The van der Waals surface area contributed by atoms with Crippen LogP contribution in [0.1, 0.15) is 52.5 Å². The lowest BCUT2D eigenvalue weighted by molar-refractivity contribution is 0.0944. The standard InChI is InChI=1S/C25H30FN3O2/c1-17(2)12-27-25(30)23-16-31-24(28-23)15-29(13-20-7-9-22(26)10-8-20)14-21-11-18(3)5-6-19(21)4/h5-11,16-17H,12-15H2,1-4H3,(H,27,30). The van der Waals surface area contributed by atoms with E-state index in [2.05, 4.69) is 47.2 Å². The number of rotatable bonds is 9. The maximum atomic E-state index is 13.3. The molecule has 0 spiro atoms. The summed E-state index contributed by atoms with van der Waals surface area (Å²) in [6.45, 7) is 10.5. The highest BCUT2D eigenvalue weighted by Crippen LogP contribution is 2.18. The summed E-state index contributed by atoms with van der Waals surface area (Å²) in [5, 5.41) is 2.85. The van der Waals surface area contributed by atoms with Crippen molar-refractivity contribution in [2.45, 2.75) is 47.3 Å². The van der Waals surface area contributed by atoms with Gasteiger partial charge in [0, 0.05) is 19.6 Å². The minimum Gasteiger partial charge on any atom is -0.447 e. The molecule has 0 fully saturated rings. The Balaban J connectivity index is 1.77. The van der Waals surface area contributed by atoms with E-state index in [4.69, 9.17) is 4.42 Å². The topological polar surface area (TPSA) is 58.4 Å². The van der Waals surface area contributed by atoms with Gasteiger partial charge in [-0.1, -0.05) is 49.7 Å². The van der Waals surface area contributed by atoms with E-state index >= 15 is 0 Å². The van der Waals surface area contributed by atoms with Gasteiger partial charge in [-0.15, -0.1) is 0 Å². The Bertz CT molecular complexity index is 1010. The van der Waals surface area contributed by atoms with Crippen LogP contribution in [-0.4, -0.2) is 22.3 Å². The molecule has 1 aromatic heterocycles. The lowest BCUT2D eigenvalue weighted by Gasteiger charge is -2.22. The fraction of sp³-hybridized carbons (Fsp3) is 0.360. The van der Waals surface area contributed by atoms with Gasteiger partial charge in [-0.25, -0.2) is 9.37 Å². The Morgan fingerprint density at radius 3 is 2.55 bits per heavy atom. The maximum Gasteiger partial charge on any atom is 0.273 e. The molecule has 0 aliphatic rings. The minimum atomic E-state index is -0.255. The number of oxazole rings is 1. The van der Waals surface area contributed by atoms with Crippen LogP contribution >= 0.6 is 0 Å². The van der Waals surface area contributed by atoms with E-state index in [1.54, 1.807) is 12.1 Å². The molecule has 1 amide bonds. The van der Waals surface area contributed by atoms with Gasteiger partial charge in [0.2, 0.25) is 5.89 Å². The number of hydrogen-bond donors (Lipinski definition) is 1. The summed E-state index contributed by atoms with van der Waals surface area (Å²) in [7, 11) is 0. The molecule has 1 N–H and O–H groups in total. The summed E-state index contributed by atoms with van der Waals surface area (Å²) >= 11 is 0. The Labute approximate surface area is 183 Å². The number of carbonyl (C=O) groups excluding carboxylic acids is 1. The van der Waals surface area contributed by atoms with Gasteiger partial charge in [0.15, 0.2) is 5.69 Å². The van der Waals surface area contributed by atoms with Crippen molar-refractivity contribution in [1.29, 1.82) is 0 Å². The number of nitrogens with one attached hydrogen (secondary N) is 1. The zero-order valence-electron chi connectivity index (χ0n) is 18.6. The molecule has 0 bridgehead atoms. The number of nitrogens with zero attached hydrogens (tertiary/aromatic N) is 2. The van der Waals surface area contributed by atoms with Gasteiger partial charge in [0.1, 0.15) is 12.1 Å². The molecule has 164 valence electrons. The third kappa shape index (κ3) is 6.76. The molecule has 0 unspecified atom stereocenters. The van der Waals surface area contributed by atoms with Crippen LogP contribution in [-0.2, 0) is 19.6 Å². The van der Waals surface area contributed by atoms with E-state index in [-0.39, 0.29) is 17.4 Å². The number of carbonyl (C=O) groups is 1. The smallest absolute Gasteiger partial charge is 0.273 e. The Morgan fingerprint density at radius 2 is 1.84 bits per heavy atom. The van der Waals surface area contributed by atoms with Gasteiger partial charge >= 0.3 is 0 Å². The molecule has 2 aromatic carbocycles. The zero-order chi connectivity index (χ0) is 22.4. The second-order valence-corrected chi connectivity index (χ2v) is 8.43. The predicted molar refractivity (Wildman–Crippen MR) is 119 cm³/mol. The molecule has 31 heavy (non-hydrogen) atoms. The van der Waals surface area contributed by atoms with Crippen molar-refractivity contribution < 1.29 is 13.6 Å². The lowest BCUT2D eigenvalue weighted by Crippen LogP contribution is -2.27. The van der Waals surface area contributed by atoms with E-state index in [0.29, 0.717) is 38.0 Å². The average Bonchev–Trinajstić information content (AvgIpc) is 3.19. The van der Waals surface area contributed by atoms with Gasteiger partial charge in [-0.2, -0.15) is 0 Å². The number of halogens is 1. The van der Waals surface area contributed by atoms with E-state index in [1.807, 2.05) is 13.8 Å². The summed E-state index contributed by atoms with van der Waals surface area (Å²) in [4.78, 5) is 18.8. The molecule has 0 aliphatic heterocycles. The van der Waals surface area contributed by atoms with Crippen LogP contribution in [0.4, 0.5) is 4.39 Å². The van der Waals surface area contributed by atoms with Crippen LogP contribution < -0.4 is 5.32 Å². The first-order chi connectivity index (χ1) is 14.8. The van der Waals surface area contributed by atoms with Crippen molar-refractivity contribution in [2.75, 3.05) is 6.54 Å². The zero-order valence-corrected chi connectivity index (χ0v) is 18.6. The third-order valence-corrected chi connectivity index (χ3v) is 5.03. The normalized spacial score (nSPS) is 11.3. The molecule has 3 aromatic rings. The molecule has 6 heteroatoms. The molecule has 1 heterocycles. The minimum absolute atomic E-state index is 0.233. The summed E-state index contributed by atoms with van der Waals surface area (Å²) in [6, 6.07) is 12.9. The number of benzene rings is 2. The maximum absolute atomic E-state index is 13.3. The molecular weight excluding hydrogens is 393 g/mol. The van der Waals surface area contributed by atoms with E-state index in [0.717, 1.165) is 5.56 Å². The van der Waals surface area contributed by atoms with Crippen LogP contribution in [0, 0.1) is 25.6 Å². The van der Waals surface area contributed by atoms with Gasteiger partial charge in [0.25, 0.3) is 5.91 Å². The van der Waals surface area contributed by atoms with E-state index in [1.165, 1.54) is 35.1 Å². The van der Waals surface area contributed by atoms with Gasteiger partial charge < -0.3 is 9.73 Å². The molecular formula is C25H30FN3O2. The lowest BCUT2D eigenvalue weighted by atomic mass is 10.0. The molecule has 0 radical (unpaired) electrons. The summed E-state index contributed by atoms with van der Waals surface area (Å²) in [5.74, 6) is 0.346. The summed E-state index contributed by atoms with van der Waals surface area (Å²) in [5.41, 5.74) is 4.89. The first kappa shape index (κ1) is 22.7. The highest BCUT2D eigenvalue weighted by atomic mass is 19.1. The molecule has 0 saturated carbocycles. The number of amides is 1. The first-order valence-corrected chi connectivity index (χ1v) is 10.6. The molecule has 3 rings (SSSR count). The van der Waals surface area contributed by atoms with Crippen molar-refractivity contribution in [2.24, 2.45) is 5.92 Å². The average molecular weight is 424 g/mol. The fourth-order valence-corrected chi connectivity index (χ4v) is 3.29. The second-order valence-electron chi connectivity index (χ2n) is 8.43.